The number of hydrogen-bond acceptors (Lipinski definition) is 8. The zero-order valence-corrected chi connectivity index (χ0v) is 20.5. The van der Waals surface area contributed by atoms with Crippen molar-refractivity contribution >= 4 is 27.6 Å². The molecule has 0 spiro atoms. The molecule has 0 saturated carbocycles. The summed E-state index contributed by atoms with van der Waals surface area (Å²) in [7, 11) is 0. The van der Waals surface area contributed by atoms with Gasteiger partial charge < -0.3 is 9.64 Å². The van der Waals surface area contributed by atoms with E-state index in [0.29, 0.717) is 33.8 Å². The fourth-order valence-corrected chi connectivity index (χ4v) is 4.98. The van der Waals surface area contributed by atoms with Crippen molar-refractivity contribution in [3.05, 3.63) is 54.0 Å². The van der Waals surface area contributed by atoms with Crippen LogP contribution in [0.25, 0.3) is 21.7 Å². The lowest BCUT2D eigenvalue weighted by Gasteiger charge is -2.31. The zero-order chi connectivity index (χ0) is 25.1. The third-order valence-corrected chi connectivity index (χ3v) is 7.16. The Hall–Kier alpha value is -3.34. The number of aromatic nitrogens is 5. The van der Waals surface area contributed by atoms with Gasteiger partial charge in [0.05, 0.1) is 18.0 Å². The molecule has 0 amide bonds. The summed E-state index contributed by atoms with van der Waals surface area (Å²) in [6, 6.07) is 7.15. The van der Waals surface area contributed by atoms with Crippen molar-refractivity contribution in [1.29, 1.82) is 0 Å². The van der Waals surface area contributed by atoms with E-state index in [9.17, 15) is 13.2 Å². The van der Waals surface area contributed by atoms with Crippen LogP contribution in [0, 0.1) is 5.92 Å². The molecule has 1 aliphatic heterocycles. The first-order valence-electron chi connectivity index (χ1n) is 11.9. The highest BCUT2D eigenvalue weighted by atomic mass is 32.1. The summed E-state index contributed by atoms with van der Waals surface area (Å²) in [4.78, 5) is 24.4. The molecule has 5 heterocycles. The Morgan fingerprint density at radius 3 is 2.47 bits per heavy atom. The van der Waals surface area contributed by atoms with Crippen LogP contribution in [0.2, 0.25) is 0 Å². The second-order valence-electron chi connectivity index (χ2n) is 8.72. The zero-order valence-electron chi connectivity index (χ0n) is 19.7. The number of hydrogen-bond donors (Lipinski definition) is 0. The predicted molar refractivity (Wildman–Crippen MR) is 132 cm³/mol. The molecular formula is C25H25F3N6OS. The van der Waals surface area contributed by atoms with Gasteiger partial charge in [0, 0.05) is 25.5 Å². The number of ether oxygens (including phenoxy) is 1. The summed E-state index contributed by atoms with van der Waals surface area (Å²) >= 11 is 1.28. The van der Waals surface area contributed by atoms with Crippen LogP contribution in [-0.4, -0.2) is 44.6 Å². The van der Waals surface area contributed by atoms with E-state index in [1.54, 1.807) is 12.1 Å². The van der Waals surface area contributed by atoms with Gasteiger partial charge in [-0.25, -0.2) is 24.9 Å². The summed E-state index contributed by atoms with van der Waals surface area (Å²) in [5, 5.41) is 0.508. The molecule has 0 aromatic carbocycles. The maximum absolute atomic E-state index is 13.0. The lowest BCUT2D eigenvalue weighted by Crippen LogP contribution is -2.35. The van der Waals surface area contributed by atoms with E-state index in [-0.39, 0.29) is 5.69 Å². The molecule has 0 aliphatic carbocycles. The summed E-state index contributed by atoms with van der Waals surface area (Å²) in [5.41, 5.74) is 1.38. The highest BCUT2D eigenvalue weighted by Gasteiger charge is 2.32. The van der Waals surface area contributed by atoms with Crippen LogP contribution in [-0.2, 0) is 12.6 Å². The number of nitrogens with zero attached hydrogens (tertiary/aromatic N) is 6. The monoisotopic (exact) mass is 514 g/mol. The second kappa shape index (κ2) is 10.3. The van der Waals surface area contributed by atoms with Crippen molar-refractivity contribution in [2.24, 2.45) is 5.92 Å². The van der Waals surface area contributed by atoms with Crippen LogP contribution >= 0.6 is 11.3 Å². The summed E-state index contributed by atoms with van der Waals surface area (Å²) in [5.74, 6) is 1.35. The van der Waals surface area contributed by atoms with Crippen LogP contribution in [0.1, 0.15) is 37.4 Å². The van der Waals surface area contributed by atoms with E-state index in [2.05, 4.69) is 36.7 Å². The Kier molecular flexibility index (Phi) is 6.99. The van der Waals surface area contributed by atoms with E-state index >= 15 is 0 Å². The Morgan fingerprint density at radius 1 is 1.00 bits per heavy atom. The van der Waals surface area contributed by atoms with Gasteiger partial charge in [-0.2, -0.15) is 13.2 Å². The first-order valence-corrected chi connectivity index (χ1v) is 12.7. The fourth-order valence-electron chi connectivity index (χ4n) is 4.17. The molecule has 0 radical (unpaired) electrons. The minimum Gasteiger partial charge on any atom is -0.470 e. The molecule has 1 saturated heterocycles. The molecule has 0 unspecified atom stereocenters. The third kappa shape index (κ3) is 5.56. The Morgan fingerprint density at radius 2 is 1.75 bits per heavy atom. The van der Waals surface area contributed by atoms with Gasteiger partial charge >= 0.3 is 6.18 Å². The van der Waals surface area contributed by atoms with Crippen molar-refractivity contribution < 1.29 is 17.9 Å². The van der Waals surface area contributed by atoms with Crippen LogP contribution in [0.15, 0.2) is 42.7 Å². The van der Waals surface area contributed by atoms with Gasteiger partial charge in [0.15, 0.2) is 0 Å². The Bertz CT molecular complexity index is 1320. The first kappa shape index (κ1) is 24.4. The minimum atomic E-state index is -4.50. The van der Waals surface area contributed by atoms with Gasteiger partial charge in [-0.05, 0) is 61.4 Å². The number of fused-ring (bicyclic) bond motifs is 1. The average molecular weight is 515 g/mol. The molecule has 4 aromatic rings. The lowest BCUT2D eigenvalue weighted by molar-refractivity contribution is -0.141. The maximum atomic E-state index is 13.0. The van der Waals surface area contributed by atoms with E-state index in [1.165, 1.54) is 23.5 Å². The standard InChI is InChI=1S/C25H25F3N6OS/c1-2-16-14-29-23(30-15-16)34-11-8-17(9-12-34)10-13-35-24-33-20-7-6-19(32-22(20)36-24)18-4-3-5-21(31-18)25(26,27)28/h3-7,14-15,17H,2,8-13H2,1H3. The van der Waals surface area contributed by atoms with Gasteiger partial charge in [-0.1, -0.05) is 24.3 Å². The first-order chi connectivity index (χ1) is 17.4. The molecule has 0 N–H and O–H groups in total. The largest absolute Gasteiger partial charge is 0.470 e. The van der Waals surface area contributed by atoms with Gasteiger partial charge in [0.25, 0.3) is 5.19 Å². The second-order valence-corrected chi connectivity index (χ2v) is 9.66. The number of thiazole rings is 1. The summed E-state index contributed by atoms with van der Waals surface area (Å²) in [6.07, 6.45) is 3.25. The van der Waals surface area contributed by atoms with E-state index in [1.807, 2.05) is 12.4 Å². The quantitative estimate of drug-likeness (QED) is 0.308. The van der Waals surface area contributed by atoms with E-state index in [4.69, 9.17) is 4.74 Å². The smallest absolute Gasteiger partial charge is 0.433 e. The molecular weight excluding hydrogens is 489 g/mol. The van der Waals surface area contributed by atoms with Crippen molar-refractivity contribution in [2.75, 3.05) is 24.6 Å². The SMILES string of the molecule is CCc1cnc(N2CCC(CCOc3nc4ccc(-c5cccc(C(F)(F)F)n5)nc4s3)CC2)nc1. The van der Waals surface area contributed by atoms with Gasteiger partial charge in [-0.3, -0.25) is 0 Å². The fraction of sp³-hybridized carbons (Fsp3) is 0.400. The molecule has 1 aliphatic rings. The number of aryl methyl sites for hydroxylation is 1. The number of anilines is 1. The van der Waals surface area contributed by atoms with Gasteiger partial charge in [0.1, 0.15) is 16.0 Å². The molecule has 4 aromatic heterocycles. The average Bonchev–Trinajstić information content (AvgIpc) is 3.31. The highest BCUT2D eigenvalue weighted by molar-refractivity contribution is 7.19. The topological polar surface area (TPSA) is 76.9 Å². The number of rotatable bonds is 7. The number of halogens is 3. The van der Waals surface area contributed by atoms with Gasteiger partial charge in [-0.15, -0.1) is 0 Å². The van der Waals surface area contributed by atoms with Crippen LogP contribution in [0.5, 0.6) is 5.19 Å². The van der Waals surface area contributed by atoms with E-state index < -0.39 is 11.9 Å². The summed E-state index contributed by atoms with van der Waals surface area (Å²) in [6.45, 7) is 4.49. The molecule has 0 bridgehead atoms. The molecule has 188 valence electrons. The molecule has 5 rings (SSSR count). The normalized spacial score (nSPS) is 14.9. The maximum Gasteiger partial charge on any atom is 0.433 e. The Balaban J connectivity index is 1.15. The number of pyridine rings is 2. The van der Waals surface area contributed by atoms with Crippen LogP contribution < -0.4 is 9.64 Å². The lowest BCUT2D eigenvalue weighted by atomic mass is 9.94. The molecule has 36 heavy (non-hydrogen) atoms. The van der Waals surface area contributed by atoms with E-state index in [0.717, 1.165) is 56.4 Å². The minimum absolute atomic E-state index is 0.167. The van der Waals surface area contributed by atoms with Gasteiger partial charge in [0.2, 0.25) is 5.95 Å². The molecule has 11 heteroatoms. The summed E-state index contributed by atoms with van der Waals surface area (Å²) < 4.78 is 44.9. The van der Waals surface area contributed by atoms with Crippen LogP contribution in [0.3, 0.4) is 0 Å². The van der Waals surface area contributed by atoms with Crippen molar-refractivity contribution in [1.82, 2.24) is 24.9 Å². The number of piperidine rings is 1. The Labute approximate surface area is 210 Å². The molecule has 0 atom stereocenters. The number of alkyl halides is 3. The predicted octanol–water partition coefficient (Wildman–Crippen LogP) is 5.81. The third-order valence-electron chi connectivity index (χ3n) is 6.29. The molecule has 1 fully saturated rings. The highest BCUT2D eigenvalue weighted by Crippen LogP contribution is 2.32. The molecule has 7 nitrogen and oxygen atoms in total. The van der Waals surface area contributed by atoms with Crippen molar-refractivity contribution in [3.8, 4) is 16.6 Å². The van der Waals surface area contributed by atoms with Crippen molar-refractivity contribution in [3.63, 3.8) is 0 Å². The van der Waals surface area contributed by atoms with Crippen molar-refractivity contribution in [2.45, 2.75) is 38.8 Å². The van der Waals surface area contributed by atoms with Crippen LogP contribution in [0.4, 0.5) is 19.1 Å².